The van der Waals surface area contributed by atoms with Gasteiger partial charge in [0, 0.05) is 14.0 Å². The molecule has 0 radical (unpaired) electrons. The van der Waals surface area contributed by atoms with Crippen LogP contribution >= 0.6 is 0 Å². The van der Waals surface area contributed by atoms with E-state index in [0.717, 1.165) is 11.1 Å². The van der Waals surface area contributed by atoms with Gasteiger partial charge in [0.2, 0.25) is 5.91 Å². The molecule has 10 heavy (non-hydrogen) atoms. The SMILES string of the molecule is C=CC(=O)N(C)NC(C)=O. The summed E-state index contributed by atoms with van der Waals surface area (Å²) in [7, 11) is 1.45. The van der Waals surface area contributed by atoms with E-state index in [2.05, 4.69) is 12.0 Å². The monoisotopic (exact) mass is 142 g/mol. The molecular weight excluding hydrogens is 132 g/mol. The second-order valence-electron chi connectivity index (χ2n) is 1.77. The molecule has 0 fully saturated rings. The first-order valence-electron chi connectivity index (χ1n) is 2.75. The summed E-state index contributed by atoms with van der Waals surface area (Å²) in [5, 5.41) is 1.06. The van der Waals surface area contributed by atoms with Gasteiger partial charge in [-0.05, 0) is 6.08 Å². The summed E-state index contributed by atoms with van der Waals surface area (Å²) in [4.78, 5) is 21.0. The van der Waals surface area contributed by atoms with Crippen LogP contribution in [-0.2, 0) is 9.59 Å². The van der Waals surface area contributed by atoms with Gasteiger partial charge in [0.05, 0.1) is 0 Å². The van der Waals surface area contributed by atoms with E-state index in [1.165, 1.54) is 14.0 Å². The lowest BCUT2D eigenvalue weighted by atomic mass is 10.6. The van der Waals surface area contributed by atoms with Crippen LogP contribution in [0.2, 0.25) is 0 Å². The van der Waals surface area contributed by atoms with Gasteiger partial charge in [-0.25, -0.2) is 0 Å². The topological polar surface area (TPSA) is 49.4 Å². The van der Waals surface area contributed by atoms with Crippen molar-refractivity contribution in [3.8, 4) is 0 Å². The number of carbonyl (C=O) groups is 2. The van der Waals surface area contributed by atoms with Crippen LogP contribution in [0.3, 0.4) is 0 Å². The number of amides is 2. The molecule has 0 aromatic heterocycles. The van der Waals surface area contributed by atoms with Crippen LogP contribution in [0, 0.1) is 0 Å². The molecule has 0 aliphatic carbocycles. The molecule has 0 spiro atoms. The van der Waals surface area contributed by atoms with Gasteiger partial charge in [0.25, 0.3) is 5.91 Å². The van der Waals surface area contributed by atoms with E-state index < -0.39 is 0 Å². The quantitative estimate of drug-likeness (QED) is 0.403. The van der Waals surface area contributed by atoms with Crippen LogP contribution in [0.15, 0.2) is 12.7 Å². The lowest BCUT2D eigenvalue weighted by Crippen LogP contribution is -2.41. The minimum Gasteiger partial charge on any atom is -0.274 e. The summed E-state index contributed by atoms with van der Waals surface area (Å²) in [5.41, 5.74) is 2.27. The predicted molar refractivity (Wildman–Crippen MR) is 36.8 cm³/mol. The summed E-state index contributed by atoms with van der Waals surface area (Å²) in [6, 6.07) is 0. The van der Waals surface area contributed by atoms with Crippen LogP contribution in [-0.4, -0.2) is 23.9 Å². The van der Waals surface area contributed by atoms with Gasteiger partial charge in [-0.2, -0.15) is 0 Å². The fraction of sp³-hybridized carbons (Fsp3) is 0.333. The highest BCUT2D eigenvalue weighted by molar-refractivity contribution is 5.88. The Kier molecular flexibility index (Phi) is 3.17. The van der Waals surface area contributed by atoms with Crippen molar-refractivity contribution < 1.29 is 9.59 Å². The van der Waals surface area contributed by atoms with Crippen molar-refractivity contribution in [2.45, 2.75) is 6.92 Å². The van der Waals surface area contributed by atoms with E-state index in [0.29, 0.717) is 0 Å². The maximum absolute atomic E-state index is 10.6. The third-order valence-corrected chi connectivity index (χ3v) is 0.830. The Morgan fingerprint density at radius 2 is 2.10 bits per heavy atom. The normalized spacial score (nSPS) is 8.20. The molecule has 0 unspecified atom stereocenters. The number of hydrogen-bond donors (Lipinski definition) is 1. The third-order valence-electron chi connectivity index (χ3n) is 0.830. The minimum absolute atomic E-state index is 0.280. The molecule has 56 valence electrons. The summed E-state index contributed by atoms with van der Waals surface area (Å²) in [6.45, 7) is 4.57. The second kappa shape index (κ2) is 3.66. The zero-order valence-corrected chi connectivity index (χ0v) is 6.05. The Morgan fingerprint density at radius 1 is 1.60 bits per heavy atom. The largest absolute Gasteiger partial charge is 0.274 e. The molecule has 0 aromatic carbocycles. The molecule has 0 saturated carbocycles. The second-order valence-corrected chi connectivity index (χ2v) is 1.77. The molecule has 0 aliphatic rings. The molecular formula is C6H10N2O2. The molecule has 0 saturated heterocycles. The smallest absolute Gasteiger partial charge is 0.264 e. The number of likely N-dealkylation sites (N-methyl/N-ethyl adjacent to an activating group) is 1. The third kappa shape index (κ3) is 2.86. The number of carbonyl (C=O) groups excluding carboxylic acids is 2. The Bertz CT molecular complexity index is 165. The molecule has 0 atom stereocenters. The molecule has 0 bridgehead atoms. The summed E-state index contributed by atoms with van der Waals surface area (Å²) in [5.74, 6) is -0.618. The molecule has 4 heteroatoms. The van der Waals surface area contributed by atoms with Gasteiger partial charge in [-0.1, -0.05) is 6.58 Å². The first kappa shape index (κ1) is 8.68. The maximum atomic E-state index is 10.6. The van der Waals surface area contributed by atoms with Crippen LogP contribution in [0.5, 0.6) is 0 Å². The molecule has 0 heterocycles. The minimum atomic E-state index is -0.338. The standard InChI is InChI=1S/C6H10N2O2/c1-4-6(10)8(3)7-5(2)9/h4H,1H2,2-3H3,(H,7,9). The van der Waals surface area contributed by atoms with Crippen molar-refractivity contribution in [3.05, 3.63) is 12.7 Å². The molecule has 0 aliphatic heterocycles. The van der Waals surface area contributed by atoms with Gasteiger partial charge in [0.15, 0.2) is 0 Å². The van der Waals surface area contributed by atoms with Crippen molar-refractivity contribution in [2.75, 3.05) is 7.05 Å². The highest BCUT2D eigenvalue weighted by atomic mass is 16.2. The summed E-state index contributed by atoms with van der Waals surface area (Å²) < 4.78 is 0. The predicted octanol–water partition coefficient (Wildman–Crippen LogP) is -0.318. The lowest BCUT2D eigenvalue weighted by molar-refractivity contribution is -0.135. The molecule has 4 nitrogen and oxygen atoms in total. The van der Waals surface area contributed by atoms with Crippen LogP contribution < -0.4 is 5.43 Å². The number of nitrogens with zero attached hydrogens (tertiary/aromatic N) is 1. The van der Waals surface area contributed by atoms with E-state index >= 15 is 0 Å². The van der Waals surface area contributed by atoms with Gasteiger partial charge in [-0.3, -0.25) is 20.0 Å². The van der Waals surface area contributed by atoms with Crippen LogP contribution in [0.4, 0.5) is 0 Å². The summed E-state index contributed by atoms with van der Waals surface area (Å²) >= 11 is 0. The average Bonchev–Trinajstić information content (AvgIpc) is 1.85. The van der Waals surface area contributed by atoms with Gasteiger partial charge in [0.1, 0.15) is 0 Å². The number of nitrogens with one attached hydrogen (secondary N) is 1. The number of rotatable bonds is 1. The fourth-order valence-corrected chi connectivity index (χ4v) is 0.428. The highest BCUT2D eigenvalue weighted by Gasteiger charge is 2.02. The van der Waals surface area contributed by atoms with Crippen molar-refractivity contribution in [3.63, 3.8) is 0 Å². The van der Waals surface area contributed by atoms with Gasteiger partial charge < -0.3 is 0 Å². The Labute approximate surface area is 59.5 Å². The number of hydrogen-bond acceptors (Lipinski definition) is 2. The lowest BCUT2D eigenvalue weighted by Gasteiger charge is -2.13. The molecule has 2 amide bonds. The van der Waals surface area contributed by atoms with Crippen molar-refractivity contribution in [1.29, 1.82) is 0 Å². The first-order valence-corrected chi connectivity index (χ1v) is 2.75. The molecule has 1 N–H and O–H groups in total. The maximum Gasteiger partial charge on any atom is 0.264 e. The first-order chi connectivity index (χ1) is 4.57. The average molecular weight is 142 g/mol. The molecule has 0 rings (SSSR count). The fourth-order valence-electron chi connectivity index (χ4n) is 0.428. The Morgan fingerprint density at radius 3 is 2.40 bits per heavy atom. The summed E-state index contributed by atoms with van der Waals surface area (Å²) in [6.07, 6.45) is 1.12. The van der Waals surface area contributed by atoms with Crippen LogP contribution in [0.1, 0.15) is 6.92 Å². The zero-order valence-electron chi connectivity index (χ0n) is 6.05. The van der Waals surface area contributed by atoms with E-state index in [1.54, 1.807) is 0 Å². The highest BCUT2D eigenvalue weighted by Crippen LogP contribution is 1.78. The Hall–Kier alpha value is -1.32. The van der Waals surface area contributed by atoms with Crippen molar-refractivity contribution >= 4 is 11.8 Å². The van der Waals surface area contributed by atoms with Gasteiger partial charge >= 0.3 is 0 Å². The van der Waals surface area contributed by atoms with Crippen LogP contribution in [0.25, 0.3) is 0 Å². The van der Waals surface area contributed by atoms with E-state index in [-0.39, 0.29) is 11.8 Å². The van der Waals surface area contributed by atoms with Crippen molar-refractivity contribution in [1.82, 2.24) is 10.4 Å². The van der Waals surface area contributed by atoms with E-state index in [9.17, 15) is 9.59 Å². The Balaban J connectivity index is 3.84. The van der Waals surface area contributed by atoms with Gasteiger partial charge in [-0.15, -0.1) is 0 Å². The zero-order chi connectivity index (χ0) is 8.15. The number of hydrazine groups is 1. The molecule has 0 aromatic rings. The van der Waals surface area contributed by atoms with Crippen molar-refractivity contribution in [2.24, 2.45) is 0 Å². The van der Waals surface area contributed by atoms with E-state index in [1.807, 2.05) is 0 Å². The van der Waals surface area contributed by atoms with E-state index in [4.69, 9.17) is 0 Å².